The van der Waals surface area contributed by atoms with Gasteiger partial charge in [0.25, 0.3) is 5.91 Å². The molecular weight excluding hydrogens is 396 g/mol. The molecule has 1 aromatic heterocycles. The highest BCUT2D eigenvalue weighted by molar-refractivity contribution is 9.10. The number of nitriles is 1. The average molecular weight is 413 g/mol. The molecular formula is C19H17BrN4O2. The summed E-state index contributed by atoms with van der Waals surface area (Å²) in [7, 11) is 0. The maximum atomic E-state index is 12.1. The van der Waals surface area contributed by atoms with Crippen molar-refractivity contribution in [2.24, 2.45) is 5.41 Å². The largest absolute Gasteiger partial charge is 0.490 e. The number of carbonyl (C=O) groups excluding carboxylic acids is 1. The summed E-state index contributed by atoms with van der Waals surface area (Å²) < 4.78 is 6.75. The van der Waals surface area contributed by atoms with Crippen LogP contribution < -0.4 is 10.1 Å². The Labute approximate surface area is 159 Å². The summed E-state index contributed by atoms with van der Waals surface area (Å²) in [5, 5.41) is 19.5. The molecule has 1 heterocycles. The molecule has 0 aliphatic heterocycles. The van der Waals surface area contributed by atoms with E-state index in [4.69, 9.17) is 10.00 Å². The molecule has 2 aromatic rings. The Kier molecular flexibility index (Phi) is 4.37. The van der Waals surface area contributed by atoms with Crippen molar-refractivity contribution in [3.63, 3.8) is 0 Å². The van der Waals surface area contributed by atoms with Crippen molar-refractivity contribution >= 4 is 21.8 Å². The van der Waals surface area contributed by atoms with E-state index in [0.29, 0.717) is 16.7 Å². The number of carbonyl (C=O) groups is 1. The van der Waals surface area contributed by atoms with E-state index in [0.717, 1.165) is 35.9 Å². The molecule has 132 valence electrons. The Balaban J connectivity index is 1.24. The van der Waals surface area contributed by atoms with Crippen molar-refractivity contribution in [3.8, 4) is 11.8 Å². The minimum atomic E-state index is -0.160. The number of nitrogens with one attached hydrogen (secondary N) is 1. The van der Waals surface area contributed by atoms with Crippen LogP contribution >= 0.6 is 15.9 Å². The van der Waals surface area contributed by atoms with Gasteiger partial charge in [0.2, 0.25) is 0 Å². The number of benzene rings is 1. The van der Waals surface area contributed by atoms with Crippen LogP contribution in [0.4, 0.5) is 0 Å². The number of nitrogens with zero attached hydrogens (tertiary/aromatic N) is 3. The number of hydrogen-bond donors (Lipinski definition) is 1. The topological polar surface area (TPSA) is 87.9 Å². The second-order valence-corrected chi connectivity index (χ2v) is 7.94. The lowest BCUT2D eigenvalue weighted by molar-refractivity contribution is -0.0833. The fourth-order valence-electron chi connectivity index (χ4n) is 3.94. The number of hydrogen-bond acceptors (Lipinski definition) is 5. The number of halogens is 1. The van der Waals surface area contributed by atoms with Crippen LogP contribution in [0.25, 0.3) is 0 Å². The van der Waals surface area contributed by atoms with Crippen LogP contribution in [0.5, 0.6) is 5.75 Å². The standard InChI is InChI=1S/C19H17BrN4O2/c20-16-6-14(4-3-12(16)11-21)26-15-9-19(10-15)7-13(8-19)23-18(25)17-2-1-5-22-24-17/h1-6,13,15H,7-10H2,(H,23,25). The Morgan fingerprint density at radius 3 is 2.77 bits per heavy atom. The third-order valence-corrected chi connectivity index (χ3v) is 5.84. The fourth-order valence-corrected chi connectivity index (χ4v) is 4.39. The smallest absolute Gasteiger partial charge is 0.272 e. The average Bonchev–Trinajstić information content (AvgIpc) is 2.59. The molecule has 1 spiro atoms. The summed E-state index contributed by atoms with van der Waals surface area (Å²) in [4.78, 5) is 12.1. The molecule has 1 aromatic carbocycles. The molecule has 1 amide bonds. The Bertz CT molecular complexity index is 867. The van der Waals surface area contributed by atoms with E-state index in [2.05, 4.69) is 37.5 Å². The maximum Gasteiger partial charge on any atom is 0.272 e. The van der Waals surface area contributed by atoms with Gasteiger partial charge in [-0.1, -0.05) is 0 Å². The number of rotatable bonds is 4. The fraction of sp³-hybridized carbons (Fsp3) is 0.368. The van der Waals surface area contributed by atoms with Gasteiger partial charge in [0.05, 0.1) is 11.7 Å². The number of ether oxygens (including phenoxy) is 1. The summed E-state index contributed by atoms with van der Waals surface area (Å²) in [6.07, 6.45) is 5.72. The van der Waals surface area contributed by atoms with Crippen LogP contribution in [0, 0.1) is 16.7 Å². The predicted molar refractivity (Wildman–Crippen MR) is 97.5 cm³/mol. The van der Waals surface area contributed by atoms with Gasteiger partial charge in [0.15, 0.2) is 5.69 Å². The van der Waals surface area contributed by atoms with E-state index in [1.54, 1.807) is 24.4 Å². The quantitative estimate of drug-likeness (QED) is 0.832. The van der Waals surface area contributed by atoms with Crippen molar-refractivity contribution in [2.45, 2.75) is 37.8 Å². The van der Waals surface area contributed by atoms with E-state index in [9.17, 15) is 4.79 Å². The summed E-state index contributed by atoms with van der Waals surface area (Å²) in [6.45, 7) is 0. The lowest BCUT2D eigenvalue weighted by Gasteiger charge is -2.57. The summed E-state index contributed by atoms with van der Waals surface area (Å²) in [5.41, 5.74) is 1.26. The van der Waals surface area contributed by atoms with Crippen LogP contribution in [0.3, 0.4) is 0 Å². The van der Waals surface area contributed by atoms with E-state index in [1.807, 2.05) is 12.1 Å². The lowest BCUT2D eigenvalue weighted by atomic mass is 9.53. The summed E-state index contributed by atoms with van der Waals surface area (Å²) >= 11 is 3.38. The SMILES string of the molecule is N#Cc1ccc(OC2CC3(CC(NC(=O)c4cccnn4)C3)C2)cc1Br. The van der Waals surface area contributed by atoms with Gasteiger partial charge in [-0.05, 0) is 77.4 Å². The highest BCUT2D eigenvalue weighted by Crippen LogP contribution is 2.56. The summed E-state index contributed by atoms with van der Waals surface area (Å²) in [6, 6.07) is 11.1. The minimum Gasteiger partial charge on any atom is -0.490 e. The molecule has 0 bridgehead atoms. The zero-order valence-electron chi connectivity index (χ0n) is 14.0. The van der Waals surface area contributed by atoms with Gasteiger partial charge in [-0.15, -0.1) is 5.10 Å². The first kappa shape index (κ1) is 17.0. The van der Waals surface area contributed by atoms with Crippen molar-refractivity contribution in [3.05, 3.63) is 52.3 Å². The van der Waals surface area contributed by atoms with Crippen LogP contribution in [-0.2, 0) is 0 Å². The predicted octanol–water partition coefficient (Wildman–Crippen LogP) is 3.23. The Morgan fingerprint density at radius 1 is 1.31 bits per heavy atom. The van der Waals surface area contributed by atoms with Crippen LogP contribution in [0.15, 0.2) is 41.0 Å². The first-order valence-electron chi connectivity index (χ1n) is 8.52. The normalized spacial score (nSPS) is 26.3. The zero-order valence-corrected chi connectivity index (χ0v) is 15.6. The summed E-state index contributed by atoms with van der Waals surface area (Å²) in [5.74, 6) is 0.620. The second-order valence-electron chi connectivity index (χ2n) is 7.09. The molecule has 2 saturated carbocycles. The molecule has 0 atom stereocenters. The minimum absolute atomic E-state index is 0.160. The molecule has 4 rings (SSSR count). The van der Waals surface area contributed by atoms with Crippen molar-refractivity contribution in [2.75, 3.05) is 0 Å². The van der Waals surface area contributed by atoms with Gasteiger partial charge in [-0.3, -0.25) is 4.79 Å². The molecule has 2 fully saturated rings. The molecule has 0 unspecified atom stereocenters. The monoisotopic (exact) mass is 412 g/mol. The third kappa shape index (κ3) is 3.29. The van der Waals surface area contributed by atoms with Gasteiger partial charge >= 0.3 is 0 Å². The first-order valence-corrected chi connectivity index (χ1v) is 9.31. The zero-order chi connectivity index (χ0) is 18.1. The van der Waals surface area contributed by atoms with E-state index >= 15 is 0 Å². The van der Waals surface area contributed by atoms with Gasteiger partial charge in [-0.25, -0.2) is 0 Å². The van der Waals surface area contributed by atoms with Gasteiger partial charge in [0.1, 0.15) is 11.8 Å². The molecule has 2 aliphatic rings. The Hall–Kier alpha value is -2.46. The Morgan fingerprint density at radius 2 is 2.12 bits per heavy atom. The van der Waals surface area contributed by atoms with Crippen molar-refractivity contribution in [1.82, 2.24) is 15.5 Å². The molecule has 2 aliphatic carbocycles. The van der Waals surface area contributed by atoms with E-state index in [1.165, 1.54) is 0 Å². The van der Waals surface area contributed by atoms with Crippen LogP contribution in [-0.4, -0.2) is 28.3 Å². The lowest BCUT2D eigenvalue weighted by Crippen LogP contribution is -2.58. The molecule has 7 heteroatoms. The highest BCUT2D eigenvalue weighted by Gasteiger charge is 2.54. The number of amides is 1. The molecule has 0 radical (unpaired) electrons. The van der Waals surface area contributed by atoms with E-state index < -0.39 is 0 Å². The molecule has 1 N–H and O–H groups in total. The van der Waals surface area contributed by atoms with Crippen molar-refractivity contribution < 1.29 is 9.53 Å². The van der Waals surface area contributed by atoms with Gasteiger partial charge < -0.3 is 10.1 Å². The van der Waals surface area contributed by atoms with Crippen LogP contribution in [0.1, 0.15) is 41.7 Å². The first-order chi connectivity index (χ1) is 12.6. The molecule has 26 heavy (non-hydrogen) atoms. The molecule has 6 nitrogen and oxygen atoms in total. The maximum absolute atomic E-state index is 12.1. The van der Waals surface area contributed by atoms with Gasteiger partial charge in [0, 0.05) is 16.7 Å². The molecule has 0 saturated heterocycles. The second kappa shape index (κ2) is 6.69. The third-order valence-electron chi connectivity index (χ3n) is 5.18. The van der Waals surface area contributed by atoms with E-state index in [-0.39, 0.29) is 18.1 Å². The number of aromatic nitrogens is 2. The van der Waals surface area contributed by atoms with Crippen LogP contribution in [0.2, 0.25) is 0 Å². The highest BCUT2D eigenvalue weighted by atomic mass is 79.9. The van der Waals surface area contributed by atoms with Gasteiger partial charge in [-0.2, -0.15) is 10.4 Å². The van der Waals surface area contributed by atoms with Crippen molar-refractivity contribution in [1.29, 1.82) is 5.26 Å².